The number of aromatic amines is 1. The van der Waals surface area contributed by atoms with Crippen molar-refractivity contribution in [1.29, 1.82) is 0 Å². The molecule has 0 aromatic carbocycles. The molecule has 2 N–H and O–H groups in total. The number of esters is 1. The van der Waals surface area contributed by atoms with Gasteiger partial charge in [0.25, 0.3) is 5.91 Å². The molecule has 0 aliphatic carbocycles. The van der Waals surface area contributed by atoms with E-state index in [1.165, 1.54) is 63.2 Å². The molecule has 11 nitrogen and oxygen atoms in total. The molecule has 2 aromatic heterocycles. The van der Waals surface area contributed by atoms with Crippen LogP contribution < -0.4 is 5.32 Å². The van der Waals surface area contributed by atoms with Gasteiger partial charge in [-0.2, -0.15) is 0 Å². The number of rotatable bonds is 17. The molecule has 1 atom stereocenters. The molecule has 2 aromatic rings. The van der Waals surface area contributed by atoms with Gasteiger partial charge in [-0.05, 0) is 83.1 Å². The maximum atomic E-state index is 12.0. The molecule has 1 unspecified atom stereocenters. The highest BCUT2D eigenvalue weighted by molar-refractivity contribution is 5.80. The van der Waals surface area contributed by atoms with Crippen LogP contribution in [0.2, 0.25) is 0 Å². The summed E-state index contributed by atoms with van der Waals surface area (Å²) in [7, 11) is 3.28. The van der Waals surface area contributed by atoms with Crippen molar-refractivity contribution in [2.45, 2.75) is 90.3 Å². The second-order valence-electron chi connectivity index (χ2n) is 12.7. The zero-order valence-corrected chi connectivity index (χ0v) is 26.9. The largest absolute Gasteiger partial charge is 0.456 e. The zero-order chi connectivity index (χ0) is 30.7. The number of carbonyl (C=O) groups excluding carboxylic acids is 2. The van der Waals surface area contributed by atoms with E-state index in [4.69, 9.17) is 4.74 Å². The quantitative estimate of drug-likeness (QED) is 0.211. The van der Waals surface area contributed by atoms with Crippen LogP contribution in [0.4, 0.5) is 0 Å². The number of imidazole rings is 2. The topological polar surface area (TPSA) is 112 Å². The fraction of sp³-hybridized carbons (Fsp3) is 0.750. The van der Waals surface area contributed by atoms with Gasteiger partial charge in [0.15, 0.2) is 6.61 Å². The lowest BCUT2D eigenvalue weighted by Gasteiger charge is -2.42. The highest BCUT2D eigenvalue weighted by atomic mass is 16.5. The van der Waals surface area contributed by atoms with E-state index in [9.17, 15) is 9.59 Å². The van der Waals surface area contributed by atoms with Crippen LogP contribution in [0, 0.1) is 5.41 Å². The summed E-state index contributed by atoms with van der Waals surface area (Å²) in [5.41, 5.74) is 0.533. The summed E-state index contributed by atoms with van der Waals surface area (Å²) in [6.45, 7) is 12.2. The van der Waals surface area contributed by atoms with Crippen LogP contribution in [-0.2, 0) is 27.3 Å². The van der Waals surface area contributed by atoms with E-state index in [0.717, 1.165) is 37.2 Å². The maximum Gasteiger partial charge on any atom is 0.306 e. The molecular weight excluding hydrogens is 544 g/mol. The Labute approximate surface area is 257 Å². The molecule has 0 saturated carbocycles. The number of H-pyrrole nitrogens is 1. The fourth-order valence-corrected chi connectivity index (χ4v) is 6.76. The van der Waals surface area contributed by atoms with Gasteiger partial charge < -0.3 is 34.3 Å². The highest BCUT2D eigenvalue weighted by Gasteiger charge is 2.40. The molecular formula is C32H54N8O3. The summed E-state index contributed by atoms with van der Waals surface area (Å²) >= 11 is 0. The van der Waals surface area contributed by atoms with Crippen molar-refractivity contribution in [3.05, 3.63) is 36.4 Å². The van der Waals surface area contributed by atoms with Gasteiger partial charge >= 0.3 is 5.97 Å². The van der Waals surface area contributed by atoms with Crippen molar-refractivity contribution in [2.75, 3.05) is 60.0 Å². The minimum atomic E-state index is -0.363. The normalized spacial score (nSPS) is 18.0. The van der Waals surface area contributed by atoms with Crippen molar-refractivity contribution in [2.24, 2.45) is 5.41 Å². The lowest BCUT2D eigenvalue weighted by Crippen LogP contribution is -2.45. The Kier molecular flexibility index (Phi) is 12.6. The number of hydrogen-bond donors (Lipinski definition) is 2. The van der Waals surface area contributed by atoms with E-state index >= 15 is 0 Å². The smallest absolute Gasteiger partial charge is 0.306 e. The molecule has 43 heavy (non-hydrogen) atoms. The molecule has 1 amide bonds. The molecule has 240 valence electrons. The number of piperidine rings is 1. The molecule has 11 heteroatoms. The van der Waals surface area contributed by atoms with Crippen molar-refractivity contribution < 1.29 is 14.3 Å². The number of likely N-dealkylation sites (N-methyl/N-ethyl adjacent to an activating group) is 1. The number of nitrogens with zero attached hydrogens (tertiary/aromatic N) is 6. The van der Waals surface area contributed by atoms with Crippen LogP contribution in [0.15, 0.2) is 24.8 Å². The van der Waals surface area contributed by atoms with Gasteiger partial charge in [0, 0.05) is 70.9 Å². The average molecular weight is 599 g/mol. The second-order valence-corrected chi connectivity index (χ2v) is 12.7. The van der Waals surface area contributed by atoms with E-state index in [-0.39, 0.29) is 30.9 Å². The molecule has 0 radical (unpaired) electrons. The molecule has 2 aliphatic rings. The minimum absolute atomic E-state index is 0.0492. The molecule has 2 saturated heterocycles. The summed E-state index contributed by atoms with van der Waals surface area (Å²) in [6.07, 6.45) is 16.8. The number of likely N-dealkylation sites (tertiary alicyclic amines) is 2. The van der Waals surface area contributed by atoms with Crippen molar-refractivity contribution in [3.63, 3.8) is 0 Å². The number of carbonyl (C=O) groups is 2. The Hall–Kier alpha value is -2.76. The SMILES string of the molecule is CCC(CC)N1CCC2(CCN(CCCn3ccnc3CC(NCCCC(=O)OCC(=O)N(C)C)c3ncc[nH]3)C2)CC1. The Balaban J connectivity index is 1.20. The zero-order valence-electron chi connectivity index (χ0n) is 26.9. The van der Waals surface area contributed by atoms with Gasteiger partial charge in [-0.15, -0.1) is 0 Å². The van der Waals surface area contributed by atoms with Gasteiger partial charge in [-0.25, -0.2) is 9.97 Å². The van der Waals surface area contributed by atoms with E-state index < -0.39 is 0 Å². The highest BCUT2D eigenvalue weighted by Crippen LogP contribution is 2.41. The Morgan fingerprint density at radius 2 is 1.84 bits per heavy atom. The summed E-state index contributed by atoms with van der Waals surface area (Å²) in [6, 6.07) is 0.712. The van der Waals surface area contributed by atoms with Crippen LogP contribution in [-0.4, -0.2) is 112 Å². The third-order valence-electron chi connectivity index (χ3n) is 9.55. The lowest BCUT2D eigenvalue weighted by atomic mass is 9.77. The Bertz CT molecular complexity index is 1110. The predicted octanol–water partition coefficient (Wildman–Crippen LogP) is 3.26. The van der Waals surface area contributed by atoms with Crippen LogP contribution >= 0.6 is 0 Å². The Morgan fingerprint density at radius 1 is 1.07 bits per heavy atom. The van der Waals surface area contributed by atoms with E-state index in [0.29, 0.717) is 24.8 Å². The number of aryl methyl sites for hydroxylation is 1. The lowest BCUT2D eigenvalue weighted by molar-refractivity contribution is -0.151. The van der Waals surface area contributed by atoms with Gasteiger partial charge in [0.2, 0.25) is 0 Å². The fourth-order valence-electron chi connectivity index (χ4n) is 6.76. The van der Waals surface area contributed by atoms with Crippen molar-refractivity contribution >= 4 is 11.9 Å². The van der Waals surface area contributed by atoms with Gasteiger partial charge in [-0.1, -0.05) is 13.8 Å². The van der Waals surface area contributed by atoms with Gasteiger partial charge in [0.05, 0.1) is 6.04 Å². The van der Waals surface area contributed by atoms with Crippen LogP contribution in [0.1, 0.15) is 82.9 Å². The molecule has 1 spiro atoms. The van der Waals surface area contributed by atoms with Crippen LogP contribution in [0.5, 0.6) is 0 Å². The van der Waals surface area contributed by atoms with E-state index in [2.05, 4.69) is 54.7 Å². The summed E-state index contributed by atoms with van der Waals surface area (Å²) in [5, 5.41) is 3.54. The Morgan fingerprint density at radius 3 is 2.53 bits per heavy atom. The number of amides is 1. The predicted molar refractivity (Wildman–Crippen MR) is 167 cm³/mol. The summed E-state index contributed by atoms with van der Waals surface area (Å²) < 4.78 is 7.35. The first-order chi connectivity index (χ1) is 20.8. The van der Waals surface area contributed by atoms with Gasteiger partial charge in [0.1, 0.15) is 11.6 Å². The van der Waals surface area contributed by atoms with Crippen molar-refractivity contribution in [1.82, 2.24) is 39.5 Å². The first-order valence-corrected chi connectivity index (χ1v) is 16.4. The standard InChI is InChI=1S/C32H54N8O3/c1-5-26(6-2)39-20-11-32(12-21-39)10-19-38(25-32)17-8-18-40-22-16-34-28(40)23-27(31-35-14-15-36-31)33-13-7-9-30(42)43-24-29(41)37(3)4/h14-16,22,26-27,33H,5-13,17-21,23-25H2,1-4H3,(H,35,36). The van der Waals surface area contributed by atoms with Gasteiger partial charge in [-0.3, -0.25) is 9.59 Å². The molecule has 4 heterocycles. The van der Waals surface area contributed by atoms with E-state index in [1.807, 2.05) is 12.4 Å². The molecule has 2 fully saturated rings. The second kappa shape index (κ2) is 16.4. The van der Waals surface area contributed by atoms with Crippen molar-refractivity contribution in [3.8, 4) is 0 Å². The minimum Gasteiger partial charge on any atom is -0.456 e. The summed E-state index contributed by atoms with van der Waals surface area (Å²) in [5.74, 6) is 1.30. The number of aromatic nitrogens is 4. The maximum absolute atomic E-state index is 12.0. The number of hydrogen-bond acceptors (Lipinski definition) is 8. The van der Waals surface area contributed by atoms with Crippen LogP contribution in [0.3, 0.4) is 0 Å². The van der Waals surface area contributed by atoms with Crippen LogP contribution in [0.25, 0.3) is 0 Å². The third-order valence-corrected chi connectivity index (χ3v) is 9.55. The van der Waals surface area contributed by atoms with E-state index in [1.54, 1.807) is 20.3 Å². The summed E-state index contributed by atoms with van der Waals surface area (Å²) in [4.78, 5) is 42.9. The first-order valence-electron chi connectivity index (χ1n) is 16.4. The molecule has 0 bridgehead atoms. The third kappa shape index (κ3) is 9.61. The first kappa shape index (κ1) is 33.1. The number of nitrogens with one attached hydrogen (secondary N) is 2. The molecule has 2 aliphatic heterocycles. The monoisotopic (exact) mass is 598 g/mol. The average Bonchev–Trinajstić information content (AvgIpc) is 3.78. The molecule has 4 rings (SSSR count). The number of ether oxygens (including phenoxy) is 1.